The highest BCUT2D eigenvalue weighted by atomic mass is 79.9. The van der Waals surface area contributed by atoms with Crippen LogP contribution in [0.3, 0.4) is 0 Å². The molecule has 0 aliphatic rings. The molecule has 8 nitrogen and oxygen atoms in total. The van der Waals surface area contributed by atoms with Crippen LogP contribution in [0, 0.1) is 0 Å². The van der Waals surface area contributed by atoms with Crippen molar-refractivity contribution in [1.29, 1.82) is 0 Å². The molecule has 0 aliphatic carbocycles. The molecule has 0 radical (unpaired) electrons. The summed E-state index contributed by atoms with van der Waals surface area (Å²) in [6.07, 6.45) is 2.47. The first kappa shape index (κ1) is 29.7. The predicted molar refractivity (Wildman–Crippen MR) is 166 cm³/mol. The Bertz CT molecular complexity index is 1420. The third-order valence-electron chi connectivity index (χ3n) is 5.52. The van der Waals surface area contributed by atoms with Gasteiger partial charge in [0.15, 0.2) is 0 Å². The zero-order valence-electron chi connectivity index (χ0n) is 21.8. The molecule has 0 spiro atoms. The van der Waals surface area contributed by atoms with Crippen molar-refractivity contribution >= 4 is 56.1 Å². The van der Waals surface area contributed by atoms with E-state index in [1.165, 1.54) is 12.4 Å². The lowest BCUT2D eigenvalue weighted by Gasteiger charge is -2.10. The van der Waals surface area contributed by atoms with Gasteiger partial charge in [-0.05, 0) is 47.5 Å². The Labute approximate surface area is 254 Å². The summed E-state index contributed by atoms with van der Waals surface area (Å²) in [5.41, 5.74) is 8.08. The number of carbonyl (C=O) groups excluding carboxylic acids is 2. The first-order valence-electron chi connectivity index (χ1n) is 12.5. The van der Waals surface area contributed by atoms with Gasteiger partial charge in [-0.25, -0.2) is 10.9 Å². The lowest BCUT2D eigenvalue weighted by atomic mass is 10.2. The summed E-state index contributed by atoms with van der Waals surface area (Å²) < 4.78 is 13.5. The van der Waals surface area contributed by atoms with Crippen molar-refractivity contribution in [3.63, 3.8) is 0 Å². The summed E-state index contributed by atoms with van der Waals surface area (Å²) in [4.78, 5) is 24.5. The number of hydrazone groups is 2. The topological polar surface area (TPSA) is 101 Å². The number of nitrogens with one attached hydrogen (secondary N) is 2. The second kappa shape index (κ2) is 15.5. The van der Waals surface area contributed by atoms with Gasteiger partial charge in [0.25, 0.3) is 0 Å². The van der Waals surface area contributed by atoms with Gasteiger partial charge in [0.2, 0.25) is 11.8 Å². The molecule has 0 saturated heterocycles. The number of hydrogen-bond donors (Lipinski definition) is 2. The molecular formula is C31H26Br2N4O4. The second-order valence-electron chi connectivity index (χ2n) is 8.68. The molecule has 0 unspecified atom stereocenters. The number of rotatable bonds is 12. The monoisotopic (exact) mass is 676 g/mol. The Hall–Kier alpha value is -4.28. The predicted octanol–water partition coefficient (Wildman–Crippen LogP) is 6.36. The number of nitrogens with zero attached hydrogens (tertiary/aromatic N) is 2. The number of ether oxygens (including phenoxy) is 2. The molecule has 41 heavy (non-hydrogen) atoms. The van der Waals surface area contributed by atoms with Gasteiger partial charge in [0, 0.05) is 20.1 Å². The van der Waals surface area contributed by atoms with Crippen molar-refractivity contribution in [3.8, 4) is 11.5 Å². The number of benzene rings is 4. The van der Waals surface area contributed by atoms with E-state index in [0.717, 1.165) is 20.1 Å². The number of hydrogen-bond acceptors (Lipinski definition) is 6. The van der Waals surface area contributed by atoms with Gasteiger partial charge < -0.3 is 9.47 Å². The summed E-state index contributed by atoms with van der Waals surface area (Å²) in [5.74, 6) is 0.0127. The minimum Gasteiger partial charge on any atom is -0.488 e. The van der Waals surface area contributed by atoms with Crippen LogP contribution in [0.4, 0.5) is 0 Å². The Morgan fingerprint density at radius 2 is 1.05 bits per heavy atom. The van der Waals surface area contributed by atoms with Gasteiger partial charge in [-0.2, -0.15) is 10.2 Å². The van der Waals surface area contributed by atoms with Crippen LogP contribution in [0.15, 0.2) is 116 Å². The van der Waals surface area contributed by atoms with E-state index in [4.69, 9.17) is 9.47 Å². The molecule has 0 fully saturated rings. The molecule has 0 saturated carbocycles. The van der Waals surface area contributed by atoms with Gasteiger partial charge in [0.1, 0.15) is 31.1 Å². The summed E-state index contributed by atoms with van der Waals surface area (Å²) in [6.45, 7) is 0.772. The molecule has 4 rings (SSSR count). The zero-order valence-corrected chi connectivity index (χ0v) is 25.0. The van der Waals surface area contributed by atoms with E-state index in [0.29, 0.717) is 35.8 Å². The SMILES string of the molecule is O=C(CC(=O)N/N=C\c1cc(Br)ccc1OCc1ccccc1)N/N=C\c1cc(Br)ccc1OCc1ccccc1. The van der Waals surface area contributed by atoms with Crippen LogP contribution in [0.5, 0.6) is 11.5 Å². The lowest BCUT2D eigenvalue weighted by molar-refractivity contribution is -0.129. The summed E-state index contributed by atoms with van der Waals surface area (Å²) in [6, 6.07) is 30.5. The van der Waals surface area contributed by atoms with Crippen LogP contribution in [0.2, 0.25) is 0 Å². The number of amides is 2. The highest BCUT2D eigenvalue weighted by Gasteiger charge is 2.09. The third kappa shape index (κ3) is 10.0. The molecule has 0 heterocycles. The molecule has 0 bridgehead atoms. The van der Waals surface area contributed by atoms with Crippen LogP contribution < -0.4 is 20.3 Å². The van der Waals surface area contributed by atoms with Crippen LogP contribution in [0.25, 0.3) is 0 Å². The van der Waals surface area contributed by atoms with Crippen molar-refractivity contribution in [2.75, 3.05) is 0 Å². The molecule has 208 valence electrons. The average Bonchev–Trinajstić information content (AvgIpc) is 2.97. The maximum atomic E-state index is 12.3. The van der Waals surface area contributed by atoms with E-state index in [1.807, 2.05) is 97.1 Å². The lowest BCUT2D eigenvalue weighted by Crippen LogP contribution is -2.27. The van der Waals surface area contributed by atoms with Crippen molar-refractivity contribution in [2.24, 2.45) is 10.2 Å². The van der Waals surface area contributed by atoms with Gasteiger partial charge >= 0.3 is 0 Å². The minimum absolute atomic E-state index is 0.386. The smallest absolute Gasteiger partial charge is 0.249 e. The Kier molecular flexibility index (Phi) is 11.2. The molecular weight excluding hydrogens is 652 g/mol. The summed E-state index contributed by atoms with van der Waals surface area (Å²) in [5, 5.41) is 7.96. The van der Waals surface area contributed by atoms with Crippen LogP contribution in [-0.4, -0.2) is 24.2 Å². The molecule has 0 aliphatic heterocycles. The third-order valence-corrected chi connectivity index (χ3v) is 6.51. The molecule has 2 N–H and O–H groups in total. The van der Waals surface area contributed by atoms with Crippen molar-refractivity contribution in [3.05, 3.63) is 128 Å². The largest absolute Gasteiger partial charge is 0.488 e. The van der Waals surface area contributed by atoms with E-state index >= 15 is 0 Å². The zero-order chi connectivity index (χ0) is 28.9. The van der Waals surface area contributed by atoms with E-state index in [1.54, 1.807) is 0 Å². The molecule has 0 atom stereocenters. The fourth-order valence-corrected chi connectivity index (χ4v) is 4.30. The van der Waals surface area contributed by atoms with Crippen LogP contribution in [-0.2, 0) is 22.8 Å². The van der Waals surface area contributed by atoms with E-state index < -0.39 is 18.2 Å². The number of carbonyl (C=O) groups is 2. The first-order chi connectivity index (χ1) is 20.0. The van der Waals surface area contributed by atoms with Gasteiger partial charge in [-0.15, -0.1) is 0 Å². The fraction of sp³-hybridized carbons (Fsp3) is 0.0968. The van der Waals surface area contributed by atoms with Crippen molar-refractivity contribution in [1.82, 2.24) is 10.9 Å². The van der Waals surface area contributed by atoms with Crippen molar-refractivity contribution < 1.29 is 19.1 Å². The van der Waals surface area contributed by atoms with E-state index in [-0.39, 0.29) is 0 Å². The Morgan fingerprint density at radius 1 is 0.634 bits per heavy atom. The standard InChI is InChI=1S/C31H26Br2N4O4/c32-26-11-13-28(40-20-22-7-3-1-4-8-22)24(15-26)18-34-36-30(38)17-31(39)37-35-19-25-16-27(33)12-14-29(25)41-21-23-9-5-2-6-10-23/h1-16,18-19H,17,20-21H2,(H,36,38)(H,37,39)/b34-18-,35-19-. The minimum atomic E-state index is -0.593. The van der Waals surface area contributed by atoms with Gasteiger partial charge in [0.05, 0.1) is 12.4 Å². The van der Waals surface area contributed by atoms with Crippen molar-refractivity contribution in [2.45, 2.75) is 19.6 Å². The van der Waals surface area contributed by atoms with E-state index in [9.17, 15) is 9.59 Å². The fourth-order valence-electron chi connectivity index (χ4n) is 3.55. The molecule has 2 amide bonds. The highest BCUT2D eigenvalue weighted by Crippen LogP contribution is 2.24. The Morgan fingerprint density at radius 3 is 1.46 bits per heavy atom. The molecule has 4 aromatic carbocycles. The second-order valence-corrected chi connectivity index (χ2v) is 10.5. The van der Waals surface area contributed by atoms with E-state index in [2.05, 4.69) is 52.9 Å². The molecule has 10 heteroatoms. The van der Waals surface area contributed by atoms with Crippen LogP contribution in [0.1, 0.15) is 28.7 Å². The maximum absolute atomic E-state index is 12.3. The summed E-state index contributed by atoms with van der Waals surface area (Å²) >= 11 is 6.87. The highest BCUT2D eigenvalue weighted by molar-refractivity contribution is 9.10. The average molecular weight is 678 g/mol. The van der Waals surface area contributed by atoms with Crippen LogP contribution >= 0.6 is 31.9 Å². The van der Waals surface area contributed by atoms with Gasteiger partial charge in [-0.1, -0.05) is 92.5 Å². The maximum Gasteiger partial charge on any atom is 0.249 e. The number of halogens is 2. The normalized spacial score (nSPS) is 11.0. The Balaban J connectivity index is 1.27. The first-order valence-corrected chi connectivity index (χ1v) is 14.1. The molecule has 4 aromatic rings. The van der Waals surface area contributed by atoms with Gasteiger partial charge in [-0.3, -0.25) is 9.59 Å². The molecule has 0 aromatic heterocycles. The summed E-state index contributed by atoms with van der Waals surface area (Å²) in [7, 11) is 0. The quantitative estimate of drug-likeness (QED) is 0.104.